The zero-order valence-electron chi connectivity index (χ0n) is 18.4. The van der Waals surface area contributed by atoms with E-state index in [-0.39, 0.29) is 29.0 Å². The van der Waals surface area contributed by atoms with E-state index in [2.05, 4.69) is 5.10 Å². The van der Waals surface area contributed by atoms with Gasteiger partial charge in [0.05, 0.1) is 24.9 Å². The van der Waals surface area contributed by atoms with Crippen LogP contribution in [0.15, 0.2) is 59.7 Å². The van der Waals surface area contributed by atoms with Crippen molar-refractivity contribution in [3.05, 3.63) is 71.4 Å². The first kappa shape index (κ1) is 22.1. The van der Waals surface area contributed by atoms with Gasteiger partial charge in [0.25, 0.3) is 0 Å². The highest BCUT2D eigenvalue weighted by molar-refractivity contribution is 6.46. The Bertz CT molecular complexity index is 1200. The van der Waals surface area contributed by atoms with Crippen molar-refractivity contribution < 1.29 is 14.3 Å². The van der Waals surface area contributed by atoms with Gasteiger partial charge < -0.3 is 15.2 Å². The number of hydrogen-bond donors (Lipinski definition) is 1. The van der Waals surface area contributed by atoms with E-state index in [0.29, 0.717) is 23.7 Å². The van der Waals surface area contributed by atoms with Crippen LogP contribution in [0.3, 0.4) is 0 Å². The number of rotatable bonds is 7. The van der Waals surface area contributed by atoms with Crippen LogP contribution in [0, 0.1) is 11.3 Å². The van der Waals surface area contributed by atoms with E-state index in [0.717, 1.165) is 31.2 Å². The van der Waals surface area contributed by atoms with Crippen LogP contribution in [0.4, 0.5) is 5.82 Å². The number of aliphatic imine (C=N–C) groups is 1. The number of anilines is 1. The summed E-state index contributed by atoms with van der Waals surface area (Å²) in [6.45, 7) is 0.395. The van der Waals surface area contributed by atoms with Gasteiger partial charge in [-0.3, -0.25) is 9.79 Å². The fraction of sp³-hybridized carbons (Fsp3) is 0.280. The highest BCUT2D eigenvalue weighted by atomic mass is 16.5. The largest absolute Gasteiger partial charge is 0.496 e. The van der Waals surface area contributed by atoms with E-state index < -0.39 is 0 Å². The maximum Gasteiger partial charge on any atom is 0.233 e. The number of ether oxygens (including phenoxy) is 2. The maximum absolute atomic E-state index is 13.6. The molecule has 2 aromatic carbocycles. The molecule has 0 spiro atoms. The van der Waals surface area contributed by atoms with Gasteiger partial charge >= 0.3 is 0 Å². The summed E-state index contributed by atoms with van der Waals surface area (Å²) in [5.74, 6) is 0.719. The molecule has 1 fully saturated rings. The molecule has 8 nitrogen and oxygen atoms in total. The molecule has 33 heavy (non-hydrogen) atoms. The molecular formula is C25H25N5O3. The molecule has 1 aliphatic rings. The standard InChI is InChI=1S/C25H25N5O3/c1-32-22-13-20(33-16-17-7-3-2-4-8-17)11-12-21(22)23(31)25(29-19-9-5-6-10-19)30-24(27)18(14-26)15-28-30/h2-4,7-8,11-13,15,19H,5-6,9-10,16,27H2,1H3. The van der Waals surface area contributed by atoms with E-state index in [1.54, 1.807) is 18.2 Å². The SMILES string of the molecule is COc1cc(OCc2ccccc2)ccc1C(=O)C(=NC1CCCC1)n1ncc(C#N)c1N. The molecule has 2 N–H and O–H groups in total. The molecule has 0 unspecified atom stereocenters. The van der Waals surface area contributed by atoms with Crippen LogP contribution in [0.25, 0.3) is 0 Å². The maximum atomic E-state index is 13.6. The van der Waals surface area contributed by atoms with Gasteiger partial charge in [-0.05, 0) is 30.5 Å². The second-order valence-electron chi connectivity index (χ2n) is 7.82. The third-order valence-corrected chi connectivity index (χ3v) is 5.63. The predicted molar refractivity (Wildman–Crippen MR) is 125 cm³/mol. The average Bonchev–Trinajstić information content (AvgIpc) is 3.50. The zero-order chi connectivity index (χ0) is 23.2. The Morgan fingerprint density at radius 3 is 2.67 bits per heavy atom. The summed E-state index contributed by atoms with van der Waals surface area (Å²) in [7, 11) is 1.50. The number of carbonyl (C=O) groups excluding carboxylic acids is 1. The topological polar surface area (TPSA) is 116 Å². The minimum atomic E-state index is -0.382. The normalized spacial score (nSPS) is 14.1. The summed E-state index contributed by atoms with van der Waals surface area (Å²) in [4.78, 5) is 18.3. The Hall–Kier alpha value is -4.12. The van der Waals surface area contributed by atoms with E-state index in [1.165, 1.54) is 18.0 Å². The number of aromatic nitrogens is 2. The Morgan fingerprint density at radius 1 is 1.24 bits per heavy atom. The van der Waals surface area contributed by atoms with Crippen LogP contribution in [0.5, 0.6) is 11.5 Å². The van der Waals surface area contributed by atoms with Crippen LogP contribution in [0.1, 0.15) is 47.2 Å². The van der Waals surface area contributed by atoms with Gasteiger partial charge in [-0.1, -0.05) is 43.2 Å². The molecule has 168 valence electrons. The fourth-order valence-corrected chi connectivity index (χ4v) is 3.84. The molecule has 0 atom stereocenters. The van der Waals surface area contributed by atoms with E-state index in [1.807, 2.05) is 36.4 Å². The lowest BCUT2D eigenvalue weighted by molar-refractivity contribution is 0.105. The summed E-state index contributed by atoms with van der Waals surface area (Å²) in [5.41, 5.74) is 7.63. The van der Waals surface area contributed by atoms with Crippen LogP contribution >= 0.6 is 0 Å². The monoisotopic (exact) mass is 443 g/mol. The lowest BCUT2D eigenvalue weighted by Crippen LogP contribution is -2.28. The Morgan fingerprint density at radius 2 is 2.00 bits per heavy atom. The minimum absolute atomic E-state index is 0.0116. The molecule has 8 heteroatoms. The molecule has 0 radical (unpaired) electrons. The molecule has 4 rings (SSSR count). The van der Waals surface area contributed by atoms with Gasteiger partial charge in [-0.25, -0.2) is 0 Å². The van der Waals surface area contributed by atoms with Crippen molar-refractivity contribution in [1.29, 1.82) is 5.26 Å². The molecule has 0 amide bonds. The van der Waals surface area contributed by atoms with E-state index >= 15 is 0 Å². The van der Waals surface area contributed by atoms with Crippen molar-refractivity contribution in [3.8, 4) is 17.6 Å². The van der Waals surface area contributed by atoms with Gasteiger partial charge in [-0.15, -0.1) is 0 Å². The van der Waals surface area contributed by atoms with Crippen molar-refractivity contribution in [3.63, 3.8) is 0 Å². The molecule has 0 saturated heterocycles. The number of ketones is 1. The number of nitriles is 1. The Kier molecular flexibility index (Phi) is 6.69. The van der Waals surface area contributed by atoms with Crippen molar-refractivity contribution in [2.75, 3.05) is 12.8 Å². The number of Topliss-reactive ketones (excluding diaryl/α,β-unsaturated/α-hetero) is 1. The van der Waals surface area contributed by atoms with E-state index in [4.69, 9.17) is 20.2 Å². The summed E-state index contributed by atoms with van der Waals surface area (Å²) in [6.07, 6.45) is 5.25. The number of methoxy groups -OCH3 is 1. The smallest absolute Gasteiger partial charge is 0.233 e. The second-order valence-corrected chi connectivity index (χ2v) is 7.82. The van der Waals surface area contributed by atoms with Crippen molar-refractivity contribution >= 4 is 17.4 Å². The highest BCUT2D eigenvalue weighted by Crippen LogP contribution is 2.28. The summed E-state index contributed by atoms with van der Waals surface area (Å²) in [5, 5.41) is 13.4. The fourth-order valence-electron chi connectivity index (χ4n) is 3.84. The van der Waals surface area contributed by atoms with Crippen LogP contribution < -0.4 is 15.2 Å². The summed E-state index contributed by atoms with van der Waals surface area (Å²) in [6, 6.07) is 16.8. The molecule has 3 aromatic rings. The number of nitrogen functional groups attached to an aromatic ring is 1. The Labute approximate surface area is 192 Å². The van der Waals surface area contributed by atoms with Crippen molar-refractivity contribution in [2.24, 2.45) is 4.99 Å². The lowest BCUT2D eigenvalue weighted by atomic mass is 10.1. The summed E-state index contributed by atoms with van der Waals surface area (Å²) >= 11 is 0. The zero-order valence-corrected chi connectivity index (χ0v) is 18.4. The number of carbonyl (C=O) groups is 1. The van der Waals surface area contributed by atoms with E-state index in [9.17, 15) is 10.1 Å². The van der Waals surface area contributed by atoms with Crippen LogP contribution in [-0.4, -0.2) is 34.6 Å². The first-order chi connectivity index (χ1) is 16.1. The summed E-state index contributed by atoms with van der Waals surface area (Å²) < 4.78 is 12.6. The molecule has 0 bridgehead atoms. The number of nitrogens with zero attached hydrogens (tertiary/aromatic N) is 4. The van der Waals surface area contributed by atoms with Crippen molar-refractivity contribution in [2.45, 2.75) is 38.3 Å². The van der Waals surface area contributed by atoms with Crippen LogP contribution in [-0.2, 0) is 6.61 Å². The molecular weight excluding hydrogens is 418 g/mol. The number of benzene rings is 2. The van der Waals surface area contributed by atoms with Gasteiger partial charge in [0, 0.05) is 6.07 Å². The highest BCUT2D eigenvalue weighted by Gasteiger charge is 2.26. The predicted octanol–water partition coefficient (Wildman–Crippen LogP) is 4.00. The first-order valence-electron chi connectivity index (χ1n) is 10.8. The third-order valence-electron chi connectivity index (χ3n) is 5.63. The Balaban J connectivity index is 1.65. The number of hydrogen-bond acceptors (Lipinski definition) is 7. The van der Waals surface area contributed by atoms with Crippen molar-refractivity contribution in [1.82, 2.24) is 9.78 Å². The quantitative estimate of drug-likeness (QED) is 0.335. The first-order valence-corrected chi connectivity index (χ1v) is 10.8. The molecule has 1 saturated carbocycles. The average molecular weight is 444 g/mol. The van der Waals surface area contributed by atoms with Gasteiger partial charge in [0.1, 0.15) is 35.6 Å². The molecule has 0 aliphatic heterocycles. The lowest BCUT2D eigenvalue weighted by Gasteiger charge is -2.14. The number of nitrogens with two attached hydrogens (primary N) is 1. The van der Waals surface area contributed by atoms with Gasteiger partial charge in [-0.2, -0.15) is 15.0 Å². The van der Waals surface area contributed by atoms with Crippen LogP contribution in [0.2, 0.25) is 0 Å². The van der Waals surface area contributed by atoms with Gasteiger partial charge in [0.2, 0.25) is 5.78 Å². The van der Waals surface area contributed by atoms with Gasteiger partial charge in [0.15, 0.2) is 5.84 Å². The molecule has 1 aliphatic carbocycles. The molecule has 1 aromatic heterocycles. The third kappa shape index (κ3) is 4.88. The second kappa shape index (κ2) is 10.0. The molecule has 1 heterocycles. The minimum Gasteiger partial charge on any atom is -0.496 e.